The highest BCUT2D eigenvalue weighted by Crippen LogP contribution is 2.22. The molecule has 0 radical (unpaired) electrons. The molecular weight excluding hydrogens is 328 g/mol. The lowest BCUT2D eigenvalue weighted by atomic mass is 10.2. The minimum Gasteiger partial charge on any atom is -0.494 e. The standard InChI is InChI=1S/C16H16N4OS2/c1-3-21-13-6-4-5-12(9-13)15-18-19-16(22)20(15)17-10-14-8-7-11(2)23-14/h4-10H,3H2,1-2H3,(H,19,22). The van der Waals surface area contributed by atoms with Gasteiger partial charge in [-0.25, -0.2) is 5.10 Å². The molecule has 0 bridgehead atoms. The van der Waals surface area contributed by atoms with Crippen molar-refractivity contribution in [2.45, 2.75) is 13.8 Å². The van der Waals surface area contributed by atoms with Gasteiger partial charge >= 0.3 is 0 Å². The first-order chi connectivity index (χ1) is 11.2. The molecule has 0 aliphatic heterocycles. The third-order valence-corrected chi connectivity index (χ3v) is 4.31. The smallest absolute Gasteiger partial charge is 0.216 e. The number of ether oxygens (including phenoxy) is 1. The van der Waals surface area contributed by atoms with Crippen molar-refractivity contribution >= 4 is 29.8 Å². The number of thiophene rings is 1. The van der Waals surface area contributed by atoms with Crippen LogP contribution in [-0.4, -0.2) is 27.7 Å². The highest BCUT2D eigenvalue weighted by Gasteiger charge is 2.09. The highest BCUT2D eigenvalue weighted by molar-refractivity contribution is 7.71. The molecule has 0 fully saturated rings. The van der Waals surface area contributed by atoms with Crippen molar-refractivity contribution in [3.63, 3.8) is 0 Å². The molecule has 2 heterocycles. The predicted molar refractivity (Wildman–Crippen MR) is 96.1 cm³/mol. The van der Waals surface area contributed by atoms with Crippen molar-refractivity contribution in [3.8, 4) is 17.1 Å². The summed E-state index contributed by atoms with van der Waals surface area (Å²) >= 11 is 6.96. The van der Waals surface area contributed by atoms with Crippen molar-refractivity contribution in [1.29, 1.82) is 0 Å². The van der Waals surface area contributed by atoms with Crippen LogP contribution >= 0.6 is 23.6 Å². The van der Waals surface area contributed by atoms with E-state index in [1.165, 1.54) is 4.88 Å². The van der Waals surface area contributed by atoms with Crippen molar-refractivity contribution in [3.05, 3.63) is 50.9 Å². The third kappa shape index (κ3) is 3.57. The maximum Gasteiger partial charge on any atom is 0.216 e. The molecule has 0 aliphatic rings. The number of hydrogen-bond donors (Lipinski definition) is 1. The molecule has 3 rings (SSSR count). The van der Waals surface area contributed by atoms with Gasteiger partial charge in [0.2, 0.25) is 4.77 Å². The number of H-pyrrole nitrogens is 1. The van der Waals surface area contributed by atoms with E-state index in [0.717, 1.165) is 16.2 Å². The average molecular weight is 344 g/mol. The van der Waals surface area contributed by atoms with Crippen LogP contribution in [0, 0.1) is 11.7 Å². The average Bonchev–Trinajstić information content (AvgIpc) is 3.12. The molecule has 1 aromatic carbocycles. The summed E-state index contributed by atoms with van der Waals surface area (Å²) in [6.07, 6.45) is 1.79. The summed E-state index contributed by atoms with van der Waals surface area (Å²) in [6.45, 7) is 4.64. The zero-order valence-corrected chi connectivity index (χ0v) is 14.4. The number of nitrogens with zero attached hydrogens (tertiary/aromatic N) is 3. The SMILES string of the molecule is CCOc1cccc(-c2n[nH]c(=S)n2N=Cc2ccc(C)s2)c1. The summed E-state index contributed by atoms with van der Waals surface area (Å²) in [5.74, 6) is 1.45. The fraction of sp³-hybridized carbons (Fsp3) is 0.188. The normalized spacial score (nSPS) is 11.2. The lowest BCUT2D eigenvalue weighted by molar-refractivity contribution is 0.340. The van der Waals surface area contributed by atoms with Crippen LogP contribution in [-0.2, 0) is 0 Å². The predicted octanol–water partition coefficient (Wildman–Crippen LogP) is 4.26. The fourth-order valence-corrected chi connectivity index (χ4v) is 3.04. The summed E-state index contributed by atoms with van der Waals surface area (Å²) in [4.78, 5) is 2.31. The fourth-order valence-electron chi connectivity index (χ4n) is 2.11. The minimum atomic E-state index is 0.450. The van der Waals surface area contributed by atoms with Gasteiger partial charge in [0.05, 0.1) is 12.8 Å². The Balaban J connectivity index is 1.97. The molecule has 0 saturated carbocycles. The lowest BCUT2D eigenvalue weighted by Crippen LogP contribution is -1.96. The van der Waals surface area contributed by atoms with E-state index in [0.29, 0.717) is 17.2 Å². The molecule has 1 N–H and O–H groups in total. The number of nitrogens with one attached hydrogen (secondary N) is 1. The highest BCUT2D eigenvalue weighted by atomic mass is 32.1. The molecular formula is C16H16N4OS2. The lowest BCUT2D eigenvalue weighted by Gasteiger charge is -2.05. The maximum absolute atomic E-state index is 5.54. The van der Waals surface area contributed by atoms with Gasteiger partial charge in [0.25, 0.3) is 0 Å². The van der Waals surface area contributed by atoms with Gasteiger partial charge in [-0.05, 0) is 50.3 Å². The Kier molecular flexibility index (Phi) is 4.68. The molecule has 0 atom stereocenters. The van der Waals surface area contributed by atoms with Crippen LogP contribution in [0.1, 0.15) is 16.7 Å². The molecule has 3 aromatic rings. The molecule has 0 saturated heterocycles. The van der Waals surface area contributed by atoms with Gasteiger partial charge in [0, 0.05) is 15.3 Å². The molecule has 5 nitrogen and oxygen atoms in total. The van der Waals surface area contributed by atoms with Crippen molar-refractivity contribution < 1.29 is 4.74 Å². The van der Waals surface area contributed by atoms with Crippen LogP contribution in [0.15, 0.2) is 41.5 Å². The van der Waals surface area contributed by atoms with Crippen LogP contribution in [0.2, 0.25) is 0 Å². The van der Waals surface area contributed by atoms with Gasteiger partial charge in [0.1, 0.15) is 5.75 Å². The van der Waals surface area contributed by atoms with Crippen molar-refractivity contribution in [2.75, 3.05) is 6.61 Å². The van der Waals surface area contributed by atoms with E-state index in [1.54, 1.807) is 22.2 Å². The molecule has 0 amide bonds. The first-order valence-corrected chi connectivity index (χ1v) is 8.41. The monoisotopic (exact) mass is 344 g/mol. The summed E-state index contributed by atoms with van der Waals surface area (Å²) in [6, 6.07) is 11.8. The number of aryl methyl sites for hydroxylation is 1. The second kappa shape index (κ2) is 6.89. The van der Waals surface area contributed by atoms with Gasteiger partial charge in [0.15, 0.2) is 5.82 Å². The van der Waals surface area contributed by atoms with Crippen molar-refractivity contribution in [1.82, 2.24) is 14.9 Å². The van der Waals surface area contributed by atoms with E-state index in [2.05, 4.69) is 28.3 Å². The zero-order valence-electron chi connectivity index (χ0n) is 12.8. The first kappa shape index (κ1) is 15.6. The topological polar surface area (TPSA) is 55.2 Å². The molecule has 0 unspecified atom stereocenters. The number of benzene rings is 1. The molecule has 23 heavy (non-hydrogen) atoms. The Morgan fingerprint density at radius 2 is 2.26 bits per heavy atom. The maximum atomic E-state index is 5.54. The van der Waals surface area contributed by atoms with E-state index >= 15 is 0 Å². The number of aromatic nitrogens is 3. The van der Waals surface area contributed by atoms with Crippen LogP contribution in [0.25, 0.3) is 11.4 Å². The Labute approximate surface area is 143 Å². The minimum absolute atomic E-state index is 0.450. The Hall–Kier alpha value is -2.25. The molecule has 7 heteroatoms. The summed E-state index contributed by atoms with van der Waals surface area (Å²) in [7, 11) is 0. The first-order valence-electron chi connectivity index (χ1n) is 7.19. The van der Waals surface area contributed by atoms with Gasteiger partial charge in [-0.1, -0.05) is 12.1 Å². The second-order valence-electron chi connectivity index (χ2n) is 4.82. The largest absolute Gasteiger partial charge is 0.494 e. The van der Waals surface area contributed by atoms with Gasteiger partial charge in [-0.2, -0.15) is 14.9 Å². The number of aromatic amines is 1. The van der Waals surface area contributed by atoms with Crippen molar-refractivity contribution in [2.24, 2.45) is 5.10 Å². The van der Waals surface area contributed by atoms with E-state index < -0.39 is 0 Å². The third-order valence-electron chi connectivity index (χ3n) is 3.12. The summed E-state index contributed by atoms with van der Waals surface area (Å²) in [5, 5.41) is 11.5. The Morgan fingerprint density at radius 3 is 3.00 bits per heavy atom. The van der Waals surface area contributed by atoms with Crippen LogP contribution in [0.3, 0.4) is 0 Å². The van der Waals surface area contributed by atoms with Crippen LogP contribution < -0.4 is 4.74 Å². The van der Waals surface area contributed by atoms with Gasteiger partial charge in [-0.15, -0.1) is 11.3 Å². The molecule has 0 spiro atoms. The van der Waals surface area contributed by atoms with E-state index in [-0.39, 0.29) is 0 Å². The zero-order chi connectivity index (χ0) is 16.2. The Morgan fingerprint density at radius 1 is 1.39 bits per heavy atom. The van der Waals surface area contributed by atoms with Crippen LogP contribution in [0.4, 0.5) is 0 Å². The van der Waals surface area contributed by atoms with E-state index in [4.69, 9.17) is 17.0 Å². The Bertz CT molecular complexity index is 891. The van der Waals surface area contributed by atoms with E-state index in [1.807, 2.05) is 37.3 Å². The quantitative estimate of drug-likeness (QED) is 0.556. The summed E-state index contributed by atoms with van der Waals surface area (Å²) < 4.78 is 7.61. The van der Waals surface area contributed by atoms with Gasteiger partial charge < -0.3 is 4.74 Å². The molecule has 0 aliphatic carbocycles. The van der Waals surface area contributed by atoms with E-state index in [9.17, 15) is 0 Å². The summed E-state index contributed by atoms with van der Waals surface area (Å²) in [5.41, 5.74) is 0.891. The second-order valence-corrected chi connectivity index (χ2v) is 6.52. The molecule has 118 valence electrons. The van der Waals surface area contributed by atoms with Gasteiger partial charge in [-0.3, -0.25) is 0 Å². The number of rotatable bonds is 5. The number of hydrogen-bond acceptors (Lipinski definition) is 5. The molecule has 2 aromatic heterocycles. The van der Waals surface area contributed by atoms with Crippen LogP contribution in [0.5, 0.6) is 5.75 Å².